The molecule has 19 heavy (non-hydrogen) atoms. The molecule has 1 amide bonds. The van der Waals surface area contributed by atoms with Crippen LogP contribution in [0.2, 0.25) is 0 Å². The molecule has 0 bridgehead atoms. The minimum atomic E-state index is -0.0800. The van der Waals surface area contributed by atoms with Crippen LogP contribution in [-0.2, 0) is 0 Å². The van der Waals surface area contributed by atoms with Crippen molar-refractivity contribution < 1.29 is 4.79 Å². The highest BCUT2D eigenvalue weighted by Crippen LogP contribution is 2.34. The highest BCUT2D eigenvalue weighted by molar-refractivity contribution is 7.17. The Hall–Kier alpha value is -2.34. The van der Waals surface area contributed by atoms with E-state index >= 15 is 0 Å². The van der Waals surface area contributed by atoms with Gasteiger partial charge in [-0.1, -0.05) is 0 Å². The number of thiophene rings is 1. The number of fused-ring (bicyclic) bond motifs is 1. The number of nitrogens with one attached hydrogen (secondary N) is 2. The van der Waals surface area contributed by atoms with Crippen LogP contribution in [0.4, 0.5) is 5.82 Å². The summed E-state index contributed by atoms with van der Waals surface area (Å²) in [4.78, 5) is 20.5. The highest BCUT2D eigenvalue weighted by atomic mass is 32.1. The van der Waals surface area contributed by atoms with Gasteiger partial charge in [-0.05, 0) is 24.3 Å². The second-order valence-electron chi connectivity index (χ2n) is 4.08. The van der Waals surface area contributed by atoms with E-state index in [0.29, 0.717) is 10.7 Å². The maximum Gasteiger partial charge on any atom is 0.261 e. The summed E-state index contributed by atoms with van der Waals surface area (Å²) in [5, 5.41) is 3.62. The maximum absolute atomic E-state index is 11.6. The molecule has 0 aliphatic carbocycles. The zero-order valence-electron chi connectivity index (χ0n) is 10.2. The molecule has 5 nitrogen and oxygen atoms in total. The molecule has 6 heteroatoms. The molecule has 0 fully saturated rings. The number of aromatic amines is 1. The summed E-state index contributed by atoms with van der Waals surface area (Å²) in [5.41, 5.74) is 7.55. The number of rotatable bonds is 2. The number of aromatic nitrogens is 2. The zero-order chi connectivity index (χ0) is 13.4. The molecule has 0 saturated heterocycles. The predicted molar refractivity (Wildman–Crippen MR) is 77.2 cm³/mol. The van der Waals surface area contributed by atoms with Gasteiger partial charge >= 0.3 is 0 Å². The molecular weight excluding hydrogens is 260 g/mol. The van der Waals surface area contributed by atoms with Crippen LogP contribution in [0.5, 0.6) is 0 Å². The molecule has 3 heterocycles. The van der Waals surface area contributed by atoms with Crippen molar-refractivity contribution in [2.45, 2.75) is 0 Å². The first-order valence-electron chi connectivity index (χ1n) is 5.75. The molecule has 3 rings (SSSR count). The van der Waals surface area contributed by atoms with E-state index in [4.69, 9.17) is 5.73 Å². The molecule has 0 unspecified atom stereocenters. The first kappa shape index (κ1) is 11.7. The molecule has 0 aromatic carbocycles. The summed E-state index contributed by atoms with van der Waals surface area (Å²) in [7, 11) is 1.62. The summed E-state index contributed by atoms with van der Waals surface area (Å²) in [5.74, 6) is 0.378. The molecule has 3 aromatic rings. The van der Waals surface area contributed by atoms with Crippen LogP contribution in [0.15, 0.2) is 30.5 Å². The summed E-state index contributed by atoms with van der Waals surface area (Å²) in [6.07, 6.45) is 1.83. The Balaban J connectivity index is 2.16. The average molecular weight is 272 g/mol. The molecule has 0 atom stereocenters. The average Bonchev–Trinajstić information content (AvgIpc) is 3.05. The lowest BCUT2D eigenvalue weighted by Crippen LogP contribution is -2.15. The summed E-state index contributed by atoms with van der Waals surface area (Å²) < 4.78 is 0. The highest BCUT2D eigenvalue weighted by Gasteiger charge is 2.12. The number of nitrogens with two attached hydrogens (primary N) is 1. The quantitative estimate of drug-likeness (QED) is 0.669. The van der Waals surface area contributed by atoms with Crippen molar-refractivity contribution in [3.05, 3.63) is 35.3 Å². The van der Waals surface area contributed by atoms with Gasteiger partial charge in [-0.15, -0.1) is 11.3 Å². The second-order valence-corrected chi connectivity index (χ2v) is 5.16. The van der Waals surface area contributed by atoms with Crippen molar-refractivity contribution in [3.63, 3.8) is 0 Å². The van der Waals surface area contributed by atoms with Crippen LogP contribution < -0.4 is 11.1 Å². The molecular formula is C13H12N4OS. The van der Waals surface area contributed by atoms with Gasteiger partial charge in [-0.2, -0.15) is 0 Å². The number of nitrogens with zero attached hydrogens (tertiary/aromatic N) is 1. The van der Waals surface area contributed by atoms with Gasteiger partial charge < -0.3 is 16.0 Å². The van der Waals surface area contributed by atoms with Crippen molar-refractivity contribution in [3.8, 4) is 10.4 Å². The fourth-order valence-corrected chi connectivity index (χ4v) is 2.97. The van der Waals surface area contributed by atoms with Gasteiger partial charge in [0.05, 0.1) is 4.88 Å². The Kier molecular flexibility index (Phi) is 2.72. The van der Waals surface area contributed by atoms with E-state index in [1.165, 1.54) is 11.3 Å². The topological polar surface area (TPSA) is 83.8 Å². The van der Waals surface area contributed by atoms with Crippen molar-refractivity contribution >= 4 is 34.1 Å². The normalized spacial score (nSPS) is 10.8. The van der Waals surface area contributed by atoms with Crippen LogP contribution in [0.1, 0.15) is 9.67 Å². The van der Waals surface area contributed by atoms with E-state index in [-0.39, 0.29) is 5.91 Å². The Bertz CT molecular complexity index is 759. The summed E-state index contributed by atoms with van der Waals surface area (Å²) >= 11 is 1.44. The number of hydrogen-bond acceptors (Lipinski definition) is 4. The van der Waals surface area contributed by atoms with Crippen molar-refractivity contribution in [1.82, 2.24) is 15.3 Å². The largest absolute Gasteiger partial charge is 0.384 e. The molecule has 0 saturated carbocycles. The number of H-pyrrole nitrogens is 1. The van der Waals surface area contributed by atoms with Crippen LogP contribution in [0.25, 0.3) is 21.5 Å². The fraction of sp³-hybridized carbons (Fsp3) is 0.0769. The van der Waals surface area contributed by atoms with Gasteiger partial charge in [0.1, 0.15) is 11.5 Å². The molecule has 96 valence electrons. The molecule has 0 aliphatic heterocycles. The van der Waals surface area contributed by atoms with Crippen LogP contribution in [0.3, 0.4) is 0 Å². The second kappa shape index (κ2) is 4.40. The van der Waals surface area contributed by atoms with E-state index in [0.717, 1.165) is 21.5 Å². The van der Waals surface area contributed by atoms with E-state index in [9.17, 15) is 4.79 Å². The smallest absolute Gasteiger partial charge is 0.261 e. The number of nitrogen functional groups attached to an aromatic ring is 1. The zero-order valence-corrected chi connectivity index (χ0v) is 11.0. The minimum Gasteiger partial charge on any atom is -0.384 e. The van der Waals surface area contributed by atoms with Gasteiger partial charge in [-0.3, -0.25) is 4.79 Å². The predicted octanol–water partition coefficient (Wildman–Crippen LogP) is 2.23. The number of carbonyl (C=O) groups excluding carboxylic acids is 1. The number of anilines is 1. The molecule has 0 aliphatic rings. The van der Waals surface area contributed by atoms with Crippen molar-refractivity contribution in [1.29, 1.82) is 0 Å². The Labute approximate surface area is 113 Å². The number of hydrogen-bond donors (Lipinski definition) is 3. The molecule has 3 aromatic heterocycles. The number of pyridine rings is 1. The standard InChI is InChI=1S/C13H12N4OS/c1-15-13(18)10-3-2-9(19-10)8-6-11(14)17-12-7(8)4-5-16-12/h2-6H,1H3,(H,15,18)(H3,14,16,17). The number of carbonyl (C=O) groups is 1. The third-order valence-electron chi connectivity index (χ3n) is 2.87. The minimum absolute atomic E-state index is 0.0800. The fourth-order valence-electron chi connectivity index (χ4n) is 1.99. The first-order valence-corrected chi connectivity index (χ1v) is 6.56. The molecule has 4 N–H and O–H groups in total. The van der Waals surface area contributed by atoms with Crippen molar-refractivity contribution in [2.24, 2.45) is 0 Å². The Morgan fingerprint density at radius 2 is 2.26 bits per heavy atom. The van der Waals surface area contributed by atoms with Crippen LogP contribution in [0, 0.1) is 0 Å². The third kappa shape index (κ3) is 1.96. The molecule has 0 radical (unpaired) electrons. The lowest BCUT2D eigenvalue weighted by molar-refractivity contribution is 0.0967. The monoisotopic (exact) mass is 272 g/mol. The number of amides is 1. The van der Waals surface area contributed by atoms with Crippen molar-refractivity contribution in [2.75, 3.05) is 12.8 Å². The van der Waals surface area contributed by atoms with E-state index < -0.39 is 0 Å². The van der Waals surface area contributed by atoms with Crippen LogP contribution >= 0.6 is 11.3 Å². The summed E-state index contributed by atoms with van der Waals surface area (Å²) in [6, 6.07) is 7.52. The lowest BCUT2D eigenvalue weighted by Gasteiger charge is -2.02. The molecule has 0 spiro atoms. The van der Waals surface area contributed by atoms with E-state index in [2.05, 4.69) is 15.3 Å². The van der Waals surface area contributed by atoms with Gasteiger partial charge in [0, 0.05) is 29.1 Å². The maximum atomic E-state index is 11.6. The van der Waals surface area contributed by atoms with E-state index in [1.807, 2.05) is 30.5 Å². The lowest BCUT2D eigenvalue weighted by atomic mass is 10.1. The first-order chi connectivity index (χ1) is 9.19. The van der Waals surface area contributed by atoms with Gasteiger partial charge in [-0.25, -0.2) is 4.98 Å². The Morgan fingerprint density at radius 1 is 1.42 bits per heavy atom. The SMILES string of the molecule is CNC(=O)c1ccc(-c2cc(N)nc3[nH]ccc23)s1. The Morgan fingerprint density at radius 3 is 3.05 bits per heavy atom. The van der Waals surface area contributed by atoms with Gasteiger partial charge in [0.15, 0.2) is 0 Å². The third-order valence-corrected chi connectivity index (χ3v) is 3.99. The van der Waals surface area contributed by atoms with Crippen LogP contribution in [-0.4, -0.2) is 22.9 Å². The van der Waals surface area contributed by atoms with E-state index in [1.54, 1.807) is 7.05 Å². The summed E-state index contributed by atoms with van der Waals surface area (Å²) in [6.45, 7) is 0. The van der Waals surface area contributed by atoms with Gasteiger partial charge in [0.2, 0.25) is 0 Å². The van der Waals surface area contributed by atoms with Gasteiger partial charge in [0.25, 0.3) is 5.91 Å².